The zero-order chi connectivity index (χ0) is 17.4. The number of ketones is 1. The number of hydrogen-bond donors (Lipinski definition) is 0. The Hall–Kier alpha value is -3.01. The van der Waals surface area contributed by atoms with E-state index in [4.69, 9.17) is 0 Å². The van der Waals surface area contributed by atoms with Crippen LogP contribution in [-0.2, 0) is 4.79 Å². The maximum atomic E-state index is 12.6. The first kappa shape index (κ1) is 17.3. The van der Waals surface area contributed by atoms with Gasteiger partial charge >= 0.3 is 0 Å². The highest BCUT2D eigenvalue weighted by Crippen LogP contribution is 2.26. The SMILES string of the molecule is C/C=C(\C(=O)/C=C/c1ccccc1)[C@H](C[N+](=O)[O-])c1ccccc1. The van der Waals surface area contributed by atoms with E-state index in [0.29, 0.717) is 5.57 Å². The lowest BCUT2D eigenvalue weighted by Gasteiger charge is -2.15. The minimum absolute atomic E-state index is 0.211. The maximum absolute atomic E-state index is 12.6. The Morgan fingerprint density at radius 3 is 2.21 bits per heavy atom. The lowest BCUT2D eigenvalue weighted by atomic mass is 9.88. The first-order valence-corrected chi connectivity index (χ1v) is 7.72. The molecule has 122 valence electrons. The molecule has 0 aliphatic rings. The summed E-state index contributed by atoms with van der Waals surface area (Å²) < 4.78 is 0. The molecule has 0 fully saturated rings. The molecule has 0 unspecified atom stereocenters. The predicted molar refractivity (Wildman–Crippen MR) is 95.3 cm³/mol. The van der Waals surface area contributed by atoms with Crippen LogP contribution in [0.1, 0.15) is 24.0 Å². The van der Waals surface area contributed by atoms with Gasteiger partial charge in [-0.25, -0.2) is 0 Å². The van der Waals surface area contributed by atoms with Gasteiger partial charge in [-0.05, 0) is 24.1 Å². The number of nitrogens with zero attached hydrogens (tertiary/aromatic N) is 1. The monoisotopic (exact) mass is 321 g/mol. The number of allylic oxidation sites excluding steroid dienone is 2. The van der Waals surface area contributed by atoms with E-state index in [1.54, 1.807) is 19.1 Å². The van der Waals surface area contributed by atoms with Crippen molar-refractivity contribution in [2.45, 2.75) is 12.8 Å². The molecule has 0 bridgehead atoms. The highest BCUT2D eigenvalue weighted by Gasteiger charge is 2.25. The van der Waals surface area contributed by atoms with Gasteiger partial charge < -0.3 is 0 Å². The van der Waals surface area contributed by atoms with Gasteiger partial charge in [0.1, 0.15) is 0 Å². The third-order valence-corrected chi connectivity index (χ3v) is 3.73. The number of rotatable bonds is 7. The van der Waals surface area contributed by atoms with Gasteiger partial charge in [0.2, 0.25) is 6.54 Å². The molecular formula is C20H19NO3. The van der Waals surface area contributed by atoms with Crippen LogP contribution >= 0.6 is 0 Å². The van der Waals surface area contributed by atoms with E-state index < -0.39 is 5.92 Å². The Morgan fingerprint density at radius 1 is 1.08 bits per heavy atom. The average Bonchev–Trinajstić information content (AvgIpc) is 2.61. The molecule has 0 aliphatic carbocycles. The fraction of sp³-hybridized carbons (Fsp3) is 0.150. The zero-order valence-electron chi connectivity index (χ0n) is 13.5. The Labute approximate surface area is 141 Å². The van der Waals surface area contributed by atoms with Crippen molar-refractivity contribution in [3.63, 3.8) is 0 Å². The van der Waals surface area contributed by atoms with Crippen LogP contribution in [0.3, 0.4) is 0 Å². The zero-order valence-corrected chi connectivity index (χ0v) is 13.5. The summed E-state index contributed by atoms with van der Waals surface area (Å²) in [5.41, 5.74) is 2.11. The van der Waals surface area contributed by atoms with Crippen molar-refractivity contribution in [3.8, 4) is 0 Å². The van der Waals surface area contributed by atoms with E-state index in [9.17, 15) is 14.9 Å². The molecule has 2 aromatic rings. The molecule has 1 atom stereocenters. The van der Waals surface area contributed by atoms with Crippen LogP contribution in [0, 0.1) is 10.1 Å². The number of benzene rings is 2. The van der Waals surface area contributed by atoms with Crippen molar-refractivity contribution >= 4 is 11.9 Å². The minimum Gasteiger partial charge on any atom is -0.290 e. The smallest absolute Gasteiger partial charge is 0.214 e. The molecule has 0 N–H and O–H groups in total. The molecule has 4 nitrogen and oxygen atoms in total. The molecule has 0 radical (unpaired) electrons. The first-order chi connectivity index (χ1) is 11.6. The van der Waals surface area contributed by atoms with Crippen molar-refractivity contribution in [3.05, 3.63) is 99.6 Å². The molecule has 0 heterocycles. The van der Waals surface area contributed by atoms with E-state index in [2.05, 4.69) is 0 Å². The first-order valence-electron chi connectivity index (χ1n) is 7.72. The normalized spacial score (nSPS) is 13.0. The Bertz CT molecular complexity index is 749. The summed E-state index contributed by atoms with van der Waals surface area (Å²) in [7, 11) is 0. The quantitative estimate of drug-likeness (QED) is 0.434. The molecule has 0 saturated heterocycles. The standard InChI is InChI=1S/C20H19NO3/c1-2-18(20(22)14-13-16-9-5-3-6-10-16)19(15-21(23)24)17-11-7-4-8-12-17/h2-14,19H,15H2,1H3/b14-13+,18-2-/t19-/m1/s1. The second kappa shape index (κ2) is 8.58. The third kappa shape index (κ3) is 4.74. The van der Waals surface area contributed by atoms with Crippen LogP contribution in [-0.4, -0.2) is 17.3 Å². The Morgan fingerprint density at radius 2 is 1.67 bits per heavy atom. The van der Waals surface area contributed by atoms with Crippen LogP contribution < -0.4 is 0 Å². The Balaban J connectivity index is 2.27. The van der Waals surface area contributed by atoms with Gasteiger partial charge in [-0.15, -0.1) is 0 Å². The van der Waals surface area contributed by atoms with Gasteiger partial charge in [-0.3, -0.25) is 14.9 Å². The summed E-state index contributed by atoms with van der Waals surface area (Å²) in [6.07, 6.45) is 4.86. The number of carbonyl (C=O) groups excluding carboxylic acids is 1. The van der Waals surface area contributed by atoms with Crippen molar-refractivity contribution in [1.82, 2.24) is 0 Å². The minimum atomic E-state index is -0.556. The van der Waals surface area contributed by atoms with Crippen LogP contribution in [0.15, 0.2) is 78.4 Å². The summed E-state index contributed by atoms with van der Waals surface area (Å²) in [5, 5.41) is 11.1. The molecule has 24 heavy (non-hydrogen) atoms. The molecule has 0 aromatic heterocycles. The summed E-state index contributed by atoms with van der Waals surface area (Å²) in [5.74, 6) is -0.767. The number of carbonyl (C=O) groups is 1. The van der Waals surface area contributed by atoms with Crippen LogP contribution in [0.25, 0.3) is 6.08 Å². The van der Waals surface area contributed by atoms with E-state index in [1.807, 2.05) is 60.7 Å². The van der Waals surface area contributed by atoms with Gasteiger partial charge in [0, 0.05) is 10.5 Å². The van der Waals surface area contributed by atoms with Gasteiger partial charge in [0.15, 0.2) is 5.78 Å². The van der Waals surface area contributed by atoms with Crippen LogP contribution in [0.5, 0.6) is 0 Å². The summed E-state index contributed by atoms with van der Waals surface area (Å²) in [4.78, 5) is 23.2. The van der Waals surface area contributed by atoms with Crippen LogP contribution in [0.2, 0.25) is 0 Å². The van der Waals surface area contributed by atoms with Gasteiger partial charge in [0.05, 0.1) is 5.92 Å². The van der Waals surface area contributed by atoms with E-state index in [1.165, 1.54) is 6.08 Å². The molecule has 2 rings (SSSR count). The molecule has 0 spiro atoms. The van der Waals surface area contributed by atoms with Gasteiger partial charge in [-0.1, -0.05) is 72.8 Å². The molecule has 2 aromatic carbocycles. The lowest BCUT2D eigenvalue weighted by molar-refractivity contribution is -0.481. The largest absolute Gasteiger partial charge is 0.290 e. The van der Waals surface area contributed by atoms with Crippen LogP contribution in [0.4, 0.5) is 0 Å². The van der Waals surface area contributed by atoms with E-state index in [0.717, 1.165) is 11.1 Å². The van der Waals surface area contributed by atoms with Crippen molar-refractivity contribution < 1.29 is 9.72 Å². The van der Waals surface area contributed by atoms with Gasteiger partial charge in [0.25, 0.3) is 0 Å². The average molecular weight is 321 g/mol. The highest BCUT2D eigenvalue weighted by atomic mass is 16.6. The molecule has 0 amide bonds. The highest BCUT2D eigenvalue weighted by molar-refractivity contribution is 6.07. The van der Waals surface area contributed by atoms with E-state index >= 15 is 0 Å². The summed E-state index contributed by atoms with van der Waals surface area (Å²) >= 11 is 0. The Kier molecular flexibility index (Phi) is 6.20. The predicted octanol–water partition coefficient (Wildman–Crippen LogP) is 4.28. The summed E-state index contributed by atoms with van der Waals surface area (Å²) in [6, 6.07) is 18.6. The fourth-order valence-electron chi connectivity index (χ4n) is 2.57. The topological polar surface area (TPSA) is 60.2 Å². The molecule has 0 saturated carbocycles. The number of nitro groups is 1. The fourth-order valence-corrected chi connectivity index (χ4v) is 2.57. The molecule has 4 heteroatoms. The van der Waals surface area contributed by atoms with Gasteiger partial charge in [-0.2, -0.15) is 0 Å². The summed E-state index contributed by atoms with van der Waals surface area (Å²) in [6.45, 7) is 1.42. The maximum Gasteiger partial charge on any atom is 0.214 e. The molecule has 0 aliphatic heterocycles. The molecular weight excluding hydrogens is 302 g/mol. The lowest BCUT2D eigenvalue weighted by Crippen LogP contribution is -2.18. The second-order valence-corrected chi connectivity index (χ2v) is 5.33. The number of hydrogen-bond acceptors (Lipinski definition) is 3. The van der Waals surface area contributed by atoms with Crippen molar-refractivity contribution in [2.75, 3.05) is 6.54 Å². The van der Waals surface area contributed by atoms with Crippen molar-refractivity contribution in [2.24, 2.45) is 0 Å². The van der Waals surface area contributed by atoms with Crippen molar-refractivity contribution in [1.29, 1.82) is 0 Å². The van der Waals surface area contributed by atoms with E-state index in [-0.39, 0.29) is 17.3 Å². The second-order valence-electron chi connectivity index (χ2n) is 5.33. The third-order valence-electron chi connectivity index (χ3n) is 3.73.